The Balaban J connectivity index is 3.07. The van der Waals surface area contributed by atoms with Crippen molar-refractivity contribution in [2.24, 2.45) is 0 Å². The smallest absolute Gasteiger partial charge is 0.150 e. The monoisotopic (exact) mass is 230 g/mol. The van der Waals surface area contributed by atoms with Crippen LogP contribution in [0.2, 0.25) is 0 Å². The molecule has 1 aromatic carbocycles. The largest absolute Gasteiger partial charge is 0.508 e. The molecule has 0 aliphatic rings. The lowest BCUT2D eigenvalue weighted by Gasteiger charge is -2.17. The standard InChI is InChI=1S/C10H11ClO4/c11-4-9(14)10(15)8-2-1-7(13)3-6(8)5-12/h1-3,5,9-10,13-15H,4H2. The number of aliphatic hydroxyl groups is 2. The van der Waals surface area contributed by atoms with E-state index in [4.69, 9.17) is 16.7 Å². The number of aldehydes is 1. The van der Waals surface area contributed by atoms with Crippen LogP contribution in [-0.4, -0.2) is 33.6 Å². The molecule has 2 atom stereocenters. The van der Waals surface area contributed by atoms with Crippen molar-refractivity contribution < 1.29 is 20.1 Å². The number of benzene rings is 1. The predicted octanol–water partition coefficient (Wildman–Crippen LogP) is 0.838. The summed E-state index contributed by atoms with van der Waals surface area (Å²) < 4.78 is 0. The first-order valence-electron chi connectivity index (χ1n) is 4.30. The van der Waals surface area contributed by atoms with Gasteiger partial charge in [0.25, 0.3) is 0 Å². The van der Waals surface area contributed by atoms with Crippen LogP contribution in [-0.2, 0) is 0 Å². The number of carbonyl (C=O) groups is 1. The molecular weight excluding hydrogens is 220 g/mol. The van der Waals surface area contributed by atoms with E-state index >= 15 is 0 Å². The highest BCUT2D eigenvalue weighted by molar-refractivity contribution is 6.18. The summed E-state index contributed by atoms with van der Waals surface area (Å²) in [6.45, 7) is 0. The minimum atomic E-state index is -1.23. The topological polar surface area (TPSA) is 77.8 Å². The molecule has 82 valence electrons. The van der Waals surface area contributed by atoms with Gasteiger partial charge in [-0.3, -0.25) is 4.79 Å². The Bertz CT molecular complexity index is 353. The van der Waals surface area contributed by atoms with E-state index in [1.165, 1.54) is 18.2 Å². The highest BCUT2D eigenvalue weighted by Gasteiger charge is 2.20. The third kappa shape index (κ3) is 2.68. The lowest BCUT2D eigenvalue weighted by atomic mass is 10.00. The van der Waals surface area contributed by atoms with Crippen molar-refractivity contribution >= 4 is 17.9 Å². The average Bonchev–Trinajstić information content (AvgIpc) is 2.26. The van der Waals surface area contributed by atoms with Gasteiger partial charge in [-0.15, -0.1) is 11.6 Å². The number of phenolic OH excluding ortho intramolecular Hbond substituents is 1. The van der Waals surface area contributed by atoms with Crippen LogP contribution < -0.4 is 0 Å². The molecule has 5 heteroatoms. The van der Waals surface area contributed by atoms with Crippen molar-refractivity contribution in [3.63, 3.8) is 0 Å². The Kier molecular flexibility index (Phi) is 4.08. The highest BCUT2D eigenvalue weighted by atomic mass is 35.5. The number of aliphatic hydroxyl groups excluding tert-OH is 2. The van der Waals surface area contributed by atoms with Crippen LogP contribution in [0.4, 0.5) is 0 Å². The molecule has 2 unspecified atom stereocenters. The lowest BCUT2D eigenvalue weighted by molar-refractivity contribution is 0.0323. The Labute approximate surface area is 91.7 Å². The molecule has 0 fully saturated rings. The third-order valence-corrected chi connectivity index (χ3v) is 2.35. The summed E-state index contributed by atoms with van der Waals surface area (Å²) in [5.41, 5.74) is 0.377. The Morgan fingerprint density at radius 1 is 1.40 bits per heavy atom. The van der Waals surface area contributed by atoms with Crippen LogP contribution in [0.3, 0.4) is 0 Å². The first-order chi connectivity index (χ1) is 7.10. The number of phenols is 1. The van der Waals surface area contributed by atoms with Crippen molar-refractivity contribution in [1.82, 2.24) is 0 Å². The molecule has 3 N–H and O–H groups in total. The maximum absolute atomic E-state index is 10.7. The van der Waals surface area contributed by atoms with E-state index in [1.807, 2.05) is 0 Å². The first kappa shape index (κ1) is 12.0. The van der Waals surface area contributed by atoms with Crippen LogP contribution in [0.1, 0.15) is 22.0 Å². The SMILES string of the molecule is O=Cc1cc(O)ccc1C(O)C(O)CCl. The van der Waals surface area contributed by atoms with Gasteiger partial charge in [-0.05, 0) is 17.7 Å². The molecule has 0 aliphatic heterocycles. The Morgan fingerprint density at radius 2 is 2.07 bits per heavy atom. The zero-order valence-electron chi connectivity index (χ0n) is 7.80. The first-order valence-corrected chi connectivity index (χ1v) is 4.83. The van der Waals surface area contributed by atoms with Gasteiger partial charge in [0.15, 0.2) is 6.29 Å². The molecule has 0 heterocycles. The minimum Gasteiger partial charge on any atom is -0.508 e. The zero-order valence-corrected chi connectivity index (χ0v) is 8.55. The second-order valence-corrected chi connectivity index (χ2v) is 3.41. The summed E-state index contributed by atoms with van der Waals surface area (Å²) in [5, 5.41) is 28.0. The summed E-state index contributed by atoms with van der Waals surface area (Å²) in [6.07, 6.45) is -1.88. The molecule has 15 heavy (non-hydrogen) atoms. The van der Waals surface area contributed by atoms with Crippen molar-refractivity contribution in [3.05, 3.63) is 29.3 Å². The number of hydrogen-bond acceptors (Lipinski definition) is 4. The van der Waals surface area contributed by atoms with Gasteiger partial charge in [0.2, 0.25) is 0 Å². The summed E-state index contributed by atoms with van der Waals surface area (Å²) in [6, 6.07) is 3.92. The van der Waals surface area contributed by atoms with Crippen LogP contribution >= 0.6 is 11.6 Å². The van der Waals surface area contributed by atoms with E-state index in [2.05, 4.69) is 0 Å². The fourth-order valence-electron chi connectivity index (χ4n) is 1.23. The minimum absolute atomic E-state index is 0.0755. The maximum Gasteiger partial charge on any atom is 0.150 e. The molecule has 1 rings (SSSR count). The molecule has 0 bridgehead atoms. The fraction of sp³-hybridized carbons (Fsp3) is 0.300. The molecule has 4 nitrogen and oxygen atoms in total. The molecular formula is C10H11ClO4. The van der Waals surface area contributed by atoms with E-state index in [0.29, 0.717) is 6.29 Å². The average molecular weight is 231 g/mol. The van der Waals surface area contributed by atoms with Crippen molar-refractivity contribution in [1.29, 1.82) is 0 Å². The molecule has 0 aliphatic carbocycles. The number of hydrogen-bond donors (Lipinski definition) is 3. The molecule has 0 aromatic heterocycles. The molecule has 1 aromatic rings. The van der Waals surface area contributed by atoms with Crippen molar-refractivity contribution in [2.75, 3.05) is 5.88 Å². The van der Waals surface area contributed by atoms with Gasteiger partial charge >= 0.3 is 0 Å². The third-order valence-electron chi connectivity index (χ3n) is 2.04. The second kappa shape index (κ2) is 5.11. The van der Waals surface area contributed by atoms with E-state index in [9.17, 15) is 15.0 Å². The van der Waals surface area contributed by atoms with Crippen LogP contribution in [0.25, 0.3) is 0 Å². The van der Waals surface area contributed by atoms with E-state index in [1.54, 1.807) is 0 Å². The van der Waals surface area contributed by atoms with Gasteiger partial charge in [0.1, 0.15) is 11.9 Å². The van der Waals surface area contributed by atoms with Crippen molar-refractivity contribution in [2.45, 2.75) is 12.2 Å². The Hall–Kier alpha value is -1.10. The maximum atomic E-state index is 10.7. The van der Waals surface area contributed by atoms with Crippen LogP contribution in [0, 0.1) is 0 Å². The number of aromatic hydroxyl groups is 1. The quantitative estimate of drug-likeness (QED) is 0.529. The van der Waals surface area contributed by atoms with Gasteiger partial charge in [0, 0.05) is 5.56 Å². The zero-order chi connectivity index (χ0) is 11.4. The van der Waals surface area contributed by atoms with Gasteiger partial charge in [-0.1, -0.05) is 6.07 Å². The summed E-state index contributed by atoms with van der Waals surface area (Å²) in [5.74, 6) is -0.214. The Morgan fingerprint density at radius 3 is 2.60 bits per heavy atom. The van der Waals surface area contributed by atoms with Crippen LogP contribution in [0.5, 0.6) is 5.75 Å². The normalized spacial score (nSPS) is 14.6. The van der Waals surface area contributed by atoms with Gasteiger partial charge < -0.3 is 15.3 Å². The second-order valence-electron chi connectivity index (χ2n) is 3.10. The lowest BCUT2D eigenvalue weighted by Crippen LogP contribution is -2.20. The van der Waals surface area contributed by atoms with E-state index in [0.717, 1.165) is 0 Å². The van der Waals surface area contributed by atoms with Gasteiger partial charge in [-0.25, -0.2) is 0 Å². The van der Waals surface area contributed by atoms with Crippen molar-refractivity contribution in [3.8, 4) is 5.75 Å². The molecule has 0 saturated heterocycles. The number of carbonyl (C=O) groups excluding carboxylic acids is 1. The van der Waals surface area contributed by atoms with E-state index in [-0.39, 0.29) is 22.8 Å². The summed E-state index contributed by atoms with van der Waals surface area (Å²) >= 11 is 5.38. The van der Waals surface area contributed by atoms with Crippen LogP contribution in [0.15, 0.2) is 18.2 Å². The highest BCUT2D eigenvalue weighted by Crippen LogP contribution is 2.24. The summed E-state index contributed by atoms with van der Waals surface area (Å²) in [4.78, 5) is 10.7. The van der Waals surface area contributed by atoms with Gasteiger partial charge in [-0.2, -0.15) is 0 Å². The number of halogens is 1. The molecule has 0 saturated carbocycles. The predicted molar refractivity (Wildman–Crippen MR) is 55.2 cm³/mol. The number of alkyl halides is 1. The molecule has 0 spiro atoms. The van der Waals surface area contributed by atoms with Gasteiger partial charge in [0.05, 0.1) is 12.0 Å². The fourth-order valence-corrected chi connectivity index (χ4v) is 1.39. The molecule has 0 amide bonds. The summed E-state index contributed by atoms with van der Waals surface area (Å²) in [7, 11) is 0. The molecule has 0 radical (unpaired) electrons. The number of rotatable bonds is 4. The van der Waals surface area contributed by atoms with E-state index < -0.39 is 12.2 Å².